The largest absolute Gasteiger partial charge is 0.481 e. The zero-order valence-corrected chi connectivity index (χ0v) is 12.1. The molecule has 2 rings (SSSR count). The van der Waals surface area contributed by atoms with E-state index in [0.717, 1.165) is 5.56 Å². The molecule has 2 N–H and O–H groups in total. The summed E-state index contributed by atoms with van der Waals surface area (Å²) < 4.78 is 10.5. The van der Waals surface area contributed by atoms with Crippen molar-refractivity contribution in [1.82, 2.24) is 5.32 Å². The van der Waals surface area contributed by atoms with Crippen LogP contribution in [0.5, 0.6) is 11.5 Å². The van der Waals surface area contributed by atoms with E-state index in [1.807, 2.05) is 25.1 Å². The number of amides is 1. The average molecular weight is 293 g/mol. The molecule has 6 heteroatoms. The smallest absolute Gasteiger partial charge is 0.303 e. The average Bonchev–Trinajstić information content (AvgIpc) is 2.84. The summed E-state index contributed by atoms with van der Waals surface area (Å²) in [4.78, 5) is 22.5. The normalized spacial score (nSPS) is 15.3. The molecule has 1 amide bonds. The predicted molar refractivity (Wildman–Crippen MR) is 75.2 cm³/mol. The molecule has 1 aromatic rings. The van der Waals surface area contributed by atoms with Gasteiger partial charge in [-0.25, -0.2) is 0 Å². The predicted octanol–water partition coefficient (Wildman–Crippen LogP) is 2.09. The van der Waals surface area contributed by atoms with Gasteiger partial charge in [0.05, 0.1) is 6.04 Å². The highest BCUT2D eigenvalue weighted by molar-refractivity contribution is 5.77. The van der Waals surface area contributed by atoms with Gasteiger partial charge in [-0.3, -0.25) is 9.59 Å². The Kier molecular flexibility index (Phi) is 4.67. The molecular formula is C15H19NO5. The fourth-order valence-corrected chi connectivity index (χ4v) is 2.25. The molecule has 114 valence electrons. The maximum absolute atomic E-state index is 11.9. The summed E-state index contributed by atoms with van der Waals surface area (Å²) >= 11 is 0. The Balaban J connectivity index is 1.90. The molecule has 2 unspecified atom stereocenters. The lowest BCUT2D eigenvalue weighted by molar-refractivity contribution is -0.138. The van der Waals surface area contributed by atoms with Crippen LogP contribution in [-0.2, 0) is 9.59 Å². The van der Waals surface area contributed by atoms with E-state index in [-0.39, 0.29) is 37.5 Å². The minimum Gasteiger partial charge on any atom is -0.481 e. The Morgan fingerprint density at radius 3 is 2.67 bits per heavy atom. The molecule has 1 aliphatic heterocycles. The van der Waals surface area contributed by atoms with Crippen molar-refractivity contribution in [1.29, 1.82) is 0 Å². The number of carboxylic acid groups (broad SMARTS) is 1. The summed E-state index contributed by atoms with van der Waals surface area (Å²) in [5, 5.41) is 11.6. The third-order valence-corrected chi connectivity index (χ3v) is 3.33. The van der Waals surface area contributed by atoms with Gasteiger partial charge in [-0.1, -0.05) is 13.0 Å². The molecule has 21 heavy (non-hydrogen) atoms. The SMILES string of the molecule is CC(CC(=O)O)CC(=O)NC(C)c1ccc2c(c1)OCO2. The summed E-state index contributed by atoms with van der Waals surface area (Å²) in [6, 6.07) is 5.35. The lowest BCUT2D eigenvalue weighted by atomic mass is 10.0. The lowest BCUT2D eigenvalue weighted by Gasteiger charge is -2.16. The van der Waals surface area contributed by atoms with Gasteiger partial charge in [0.2, 0.25) is 12.7 Å². The molecule has 0 bridgehead atoms. The van der Waals surface area contributed by atoms with Crippen LogP contribution in [0.4, 0.5) is 0 Å². The lowest BCUT2D eigenvalue weighted by Crippen LogP contribution is -2.28. The van der Waals surface area contributed by atoms with Crippen LogP contribution in [0.25, 0.3) is 0 Å². The third-order valence-electron chi connectivity index (χ3n) is 3.33. The number of nitrogens with one attached hydrogen (secondary N) is 1. The van der Waals surface area contributed by atoms with Crippen molar-refractivity contribution in [2.45, 2.75) is 32.7 Å². The standard InChI is InChI=1S/C15H19NO5/c1-9(6-15(18)19)5-14(17)16-10(2)11-3-4-12-13(7-11)21-8-20-12/h3-4,7,9-10H,5-6,8H2,1-2H3,(H,16,17)(H,18,19). The first-order valence-electron chi connectivity index (χ1n) is 6.86. The van der Waals surface area contributed by atoms with E-state index < -0.39 is 5.97 Å². The number of carboxylic acids is 1. The van der Waals surface area contributed by atoms with Gasteiger partial charge in [0, 0.05) is 12.8 Å². The Bertz CT molecular complexity index is 543. The Hall–Kier alpha value is -2.24. The van der Waals surface area contributed by atoms with E-state index in [1.54, 1.807) is 6.92 Å². The Morgan fingerprint density at radius 1 is 1.24 bits per heavy atom. The second-order valence-electron chi connectivity index (χ2n) is 5.31. The van der Waals surface area contributed by atoms with Crippen LogP contribution in [0.2, 0.25) is 0 Å². The fraction of sp³-hybridized carbons (Fsp3) is 0.467. The number of hydrogen-bond donors (Lipinski definition) is 2. The van der Waals surface area contributed by atoms with E-state index in [1.165, 1.54) is 0 Å². The first kappa shape index (κ1) is 15.2. The highest BCUT2D eigenvalue weighted by Gasteiger charge is 2.18. The van der Waals surface area contributed by atoms with Crippen LogP contribution >= 0.6 is 0 Å². The topological polar surface area (TPSA) is 84.9 Å². The minimum absolute atomic E-state index is 0.00811. The number of ether oxygens (including phenoxy) is 2. The molecule has 0 radical (unpaired) electrons. The van der Waals surface area contributed by atoms with Crippen LogP contribution in [-0.4, -0.2) is 23.8 Å². The highest BCUT2D eigenvalue weighted by Crippen LogP contribution is 2.34. The van der Waals surface area contributed by atoms with E-state index in [0.29, 0.717) is 11.5 Å². The fourth-order valence-electron chi connectivity index (χ4n) is 2.25. The summed E-state index contributed by atoms with van der Waals surface area (Å²) in [7, 11) is 0. The van der Waals surface area contributed by atoms with Crippen LogP contribution in [0.1, 0.15) is 38.3 Å². The van der Waals surface area contributed by atoms with E-state index >= 15 is 0 Å². The quantitative estimate of drug-likeness (QED) is 0.839. The molecular weight excluding hydrogens is 274 g/mol. The molecule has 0 aliphatic carbocycles. The van der Waals surface area contributed by atoms with Crippen molar-refractivity contribution in [2.75, 3.05) is 6.79 Å². The number of benzene rings is 1. The van der Waals surface area contributed by atoms with Gasteiger partial charge in [0.25, 0.3) is 0 Å². The van der Waals surface area contributed by atoms with Crippen LogP contribution in [0, 0.1) is 5.92 Å². The number of carbonyl (C=O) groups is 2. The molecule has 1 aromatic carbocycles. The van der Waals surface area contributed by atoms with E-state index in [9.17, 15) is 9.59 Å². The van der Waals surface area contributed by atoms with Gasteiger partial charge in [-0.2, -0.15) is 0 Å². The molecule has 0 aromatic heterocycles. The summed E-state index contributed by atoms with van der Waals surface area (Å²) in [6.07, 6.45) is 0.188. The first-order valence-corrected chi connectivity index (χ1v) is 6.86. The first-order chi connectivity index (χ1) is 9.95. The number of hydrogen-bond acceptors (Lipinski definition) is 4. The molecule has 2 atom stereocenters. The maximum Gasteiger partial charge on any atom is 0.303 e. The van der Waals surface area contributed by atoms with Crippen molar-refractivity contribution in [3.8, 4) is 11.5 Å². The van der Waals surface area contributed by atoms with Crippen molar-refractivity contribution in [3.05, 3.63) is 23.8 Å². The highest BCUT2D eigenvalue weighted by atomic mass is 16.7. The van der Waals surface area contributed by atoms with Crippen LogP contribution in [0.3, 0.4) is 0 Å². The molecule has 6 nitrogen and oxygen atoms in total. The molecule has 0 fully saturated rings. The van der Waals surface area contributed by atoms with Crippen molar-refractivity contribution in [3.63, 3.8) is 0 Å². The second-order valence-corrected chi connectivity index (χ2v) is 5.31. The van der Waals surface area contributed by atoms with Gasteiger partial charge in [0.1, 0.15) is 0 Å². The number of aliphatic carboxylic acids is 1. The zero-order valence-electron chi connectivity index (χ0n) is 12.1. The summed E-state index contributed by atoms with van der Waals surface area (Å²) in [5.74, 6) is 0.139. The molecule has 0 spiro atoms. The Labute approximate surface area is 123 Å². The molecule has 1 aliphatic rings. The molecule has 0 saturated heterocycles. The number of rotatable bonds is 6. The molecule has 1 heterocycles. The van der Waals surface area contributed by atoms with Crippen molar-refractivity contribution >= 4 is 11.9 Å². The van der Waals surface area contributed by atoms with Gasteiger partial charge < -0.3 is 19.9 Å². The molecule has 0 saturated carbocycles. The van der Waals surface area contributed by atoms with Gasteiger partial charge in [-0.05, 0) is 30.5 Å². The van der Waals surface area contributed by atoms with Gasteiger partial charge >= 0.3 is 5.97 Å². The maximum atomic E-state index is 11.9. The number of carbonyl (C=O) groups excluding carboxylic acids is 1. The third kappa shape index (κ3) is 4.11. The van der Waals surface area contributed by atoms with E-state index in [4.69, 9.17) is 14.6 Å². The van der Waals surface area contributed by atoms with E-state index in [2.05, 4.69) is 5.32 Å². The summed E-state index contributed by atoms with van der Waals surface area (Å²) in [5.41, 5.74) is 0.915. The Morgan fingerprint density at radius 2 is 1.95 bits per heavy atom. The monoisotopic (exact) mass is 293 g/mol. The minimum atomic E-state index is -0.890. The van der Waals surface area contributed by atoms with Crippen LogP contribution < -0.4 is 14.8 Å². The second kappa shape index (κ2) is 6.47. The summed E-state index contributed by atoms with van der Waals surface area (Å²) in [6.45, 7) is 3.84. The van der Waals surface area contributed by atoms with Gasteiger partial charge in [-0.15, -0.1) is 0 Å². The van der Waals surface area contributed by atoms with Crippen LogP contribution in [0.15, 0.2) is 18.2 Å². The zero-order chi connectivity index (χ0) is 15.4. The van der Waals surface area contributed by atoms with Gasteiger partial charge in [0.15, 0.2) is 11.5 Å². The number of fused-ring (bicyclic) bond motifs is 1. The van der Waals surface area contributed by atoms with Crippen molar-refractivity contribution < 1.29 is 24.2 Å². The van der Waals surface area contributed by atoms with Crippen molar-refractivity contribution in [2.24, 2.45) is 5.92 Å².